The molecule has 5 rings (SSSR count). The summed E-state index contributed by atoms with van der Waals surface area (Å²) in [6, 6.07) is 0. The summed E-state index contributed by atoms with van der Waals surface area (Å²) >= 11 is 0. The number of Topliss-reactive ketones (excluding diaryl/α,β-unsaturated/α-hetero) is 1. The number of ketones is 2. The molecule has 4 fully saturated rings. The lowest BCUT2D eigenvalue weighted by molar-refractivity contribution is -0.205. The van der Waals surface area contributed by atoms with Gasteiger partial charge in [0.15, 0.2) is 31.8 Å². The Morgan fingerprint density at radius 1 is 1.13 bits per heavy atom. The lowest BCUT2D eigenvalue weighted by Gasteiger charge is -2.60. The minimum Gasteiger partial charge on any atom is -0.409 e. The van der Waals surface area contributed by atoms with Gasteiger partial charge in [-0.15, -0.1) is 0 Å². The van der Waals surface area contributed by atoms with Crippen molar-refractivity contribution in [3.8, 4) is 0 Å². The number of rotatable bonds is 13. The number of carbonyl (C=O) groups excluding carboxylic acids is 2. The average molecular weight is 695 g/mol. The maximum Gasteiger partial charge on any atom is 0.356 e. The van der Waals surface area contributed by atoms with E-state index in [4.69, 9.17) is 27.7 Å². The monoisotopic (exact) mass is 694 g/mol. The second kappa shape index (κ2) is 13.3. The van der Waals surface area contributed by atoms with Gasteiger partial charge < -0.3 is 27.7 Å². The average Bonchev–Trinajstić information content (AvgIpc) is 3.46. The molecule has 4 aliphatic carbocycles. The number of carbonyl (C=O) groups is 2. The highest BCUT2D eigenvalue weighted by Gasteiger charge is 2.76. The van der Waals surface area contributed by atoms with E-state index in [-0.39, 0.29) is 60.5 Å². The Balaban J connectivity index is 1.57. The van der Waals surface area contributed by atoms with Crippen molar-refractivity contribution in [2.45, 2.75) is 136 Å². The molecular weight excluding hydrogens is 635 g/mol. The van der Waals surface area contributed by atoms with Crippen molar-refractivity contribution in [3.05, 3.63) is 23.8 Å². The number of hydrogen-bond acceptors (Lipinski definition) is 9. The molecule has 5 aliphatic rings. The van der Waals surface area contributed by atoms with Gasteiger partial charge in [0, 0.05) is 16.7 Å². The van der Waals surface area contributed by atoms with Crippen LogP contribution in [0, 0.1) is 28.6 Å². The van der Waals surface area contributed by atoms with Crippen LogP contribution >= 0.6 is 7.60 Å². The Bertz CT molecular complexity index is 1310. The van der Waals surface area contributed by atoms with Crippen molar-refractivity contribution in [1.82, 2.24) is 0 Å². The molecule has 1 saturated heterocycles. The smallest absolute Gasteiger partial charge is 0.356 e. The first-order chi connectivity index (χ1) is 21.9. The number of fused-ring (bicyclic) bond motifs is 7. The fourth-order valence-electron chi connectivity index (χ4n) is 9.39. The topological polar surface area (TPSA) is 107 Å². The molecule has 0 radical (unpaired) electrons. The molecule has 9 atom stereocenters. The first kappa shape index (κ1) is 37.3. The van der Waals surface area contributed by atoms with Gasteiger partial charge in [0.1, 0.15) is 6.35 Å². The molecule has 0 aromatic carbocycles. The fraction of sp³-hybridized carbons (Fsp3) is 0.833. The van der Waals surface area contributed by atoms with Crippen LogP contribution in [0.15, 0.2) is 23.8 Å². The predicted octanol–water partition coefficient (Wildman–Crippen LogP) is 7.99. The molecule has 1 aliphatic heterocycles. The molecule has 1 unspecified atom stereocenters. The summed E-state index contributed by atoms with van der Waals surface area (Å²) in [6.07, 6.45) is 8.54. The van der Waals surface area contributed by atoms with Gasteiger partial charge in [-0.3, -0.25) is 14.2 Å². The van der Waals surface area contributed by atoms with E-state index in [2.05, 4.69) is 60.7 Å². The summed E-state index contributed by atoms with van der Waals surface area (Å²) < 4.78 is 51.9. The summed E-state index contributed by atoms with van der Waals surface area (Å²) in [5.74, 6) is 0.227. The first-order valence-corrected chi connectivity index (χ1v) is 22.5. The summed E-state index contributed by atoms with van der Waals surface area (Å²) in [7, 11) is -5.76. The Hall–Kier alpha value is -0.973. The van der Waals surface area contributed by atoms with Gasteiger partial charge in [-0.25, -0.2) is 0 Å². The van der Waals surface area contributed by atoms with Gasteiger partial charge in [0.05, 0.1) is 32.0 Å². The molecule has 0 aromatic heterocycles. The van der Waals surface area contributed by atoms with Gasteiger partial charge in [-0.05, 0) is 88.1 Å². The minimum atomic E-state index is -3.52. The standard InChI is InChI=1S/C36H59O9PSi/c1-11-14-31-44-30-20-27-26-16-15-24-19-25(37)17-18-34(24,7)32(26)28(40-23-46(39,41-12-2)42-13-3)21-35(27,8)36(30,45-31)29(38)22-43-47(9,10)33(4,5)6/h17-19,26-28,30-32H,11-16,20-23H2,1-10H3/t26-,27-,28-,30+,31?,32+,34-,35-,36+/m0/s1. The number of hydrogen-bond donors (Lipinski definition) is 0. The molecule has 0 aromatic rings. The van der Waals surface area contributed by atoms with Crippen LogP contribution in [0.5, 0.6) is 0 Å². The normalized spacial score (nSPS) is 38.4. The zero-order chi connectivity index (χ0) is 34.6. The minimum absolute atomic E-state index is 0.0108. The Labute approximate surface area is 283 Å². The molecule has 0 bridgehead atoms. The predicted molar refractivity (Wildman–Crippen MR) is 184 cm³/mol. The van der Waals surface area contributed by atoms with Gasteiger partial charge in [0.2, 0.25) is 0 Å². The maximum atomic E-state index is 14.8. The van der Waals surface area contributed by atoms with Crippen LogP contribution in [0.2, 0.25) is 18.1 Å². The van der Waals surface area contributed by atoms with Crippen LogP contribution in [0.1, 0.15) is 93.9 Å². The van der Waals surface area contributed by atoms with E-state index in [9.17, 15) is 14.2 Å². The highest BCUT2D eigenvalue weighted by Crippen LogP contribution is 2.70. The molecular formula is C36H59O9PSi. The second-order valence-electron chi connectivity index (χ2n) is 16.3. The Morgan fingerprint density at radius 2 is 1.81 bits per heavy atom. The van der Waals surface area contributed by atoms with Gasteiger partial charge in [0.25, 0.3) is 0 Å². The molecule has 0 N–H and O–H groups in total. The van der Waals surface area contributed by atoms with Crippen molar-refractivity contribution in [1.29, 1.82) is 0 Å². The van der Waals surface area contributed by atoms with Crippen LogP contribution in [0.25, 0.3) is 0 Å². The van der Waals surface area contributed by atoms with Crippen LogP contribution in [0.3, 0.4) is 0 Å². The summed E-state index contributed by atoms with van der Waals surface area (Å²) in [5, 5.41) is -0.0477. The zero-order valence-corrected chi connectivity index (χ0v) is 32.3. The van der Waals surface area contributed by atoms with Crippen molar-refractivity contribution in [2.75, 3.05) is 26.2 Å². The van der Waals surface area contributed by atoms with Gasteiger partial charge in [-0.1, -0.05) is 59.6 Å². The van der Waals surface area contributed by atoms with E-state index in [0.717, 1.165) is 24.8 Å². The van der Waals surface area contributed by atoms with E-state index in [1.165, 1.54) is 0 Å². The van der Waals surface area contributed by atoms with Crippen molar-refractivity contribution in [3.63, 3.8) is 0 Å². The molecule has 11 heteroatoms. The SMILES string of the molecule is CCCC1O[C@@H]2C[C@H]3[C@@H]4CCC5=CC(=O)C=C[C@]5(C)[C@H]4[C@@H](OCP(=O)(OCC)OCC)C[C@]3(C)[C@]2(C(=O)CO[Si](C)(C)C(C)(C)C)O1. The van der Waals surface area contributed by atoms with E-state index < -0.39 is 50.8 Å². The van der Waals surface area contributed by atoms with Crippen LogP contribution in [-0.4, -0.2) is 70.2 Å². The van der Waals surface area contributed by atoms with Crippen LogP contribution in [-0.2, 0) is 41.8 Å². The second-order valence-corrected chi connectivity index (χ2v) is 23.1. The number of allylic oxidation sites excluding steroid dienone is 4. The zero-order valence-electron chi connectivity index (χ0n) is 30.4. The van der Waals surface area contributed by atoms with E-state index >= 15 is 0 Å². The maximum absolute atomic E-state index is 14.8. The highest BCUT2D eigenvalue weighted by molar-refractivity contribution is 7.53. The molecule has 47 heavy (non-hydrogen) atoms. The largest absolute Gasteiger partial charge is 0.409 e. The molecule has 1 heterocycles. The van der Waals surface area contributed by atoms with Crippen molar-refractivity contribution >= 4 is 27.5 Å². The lowest BCUT2D eigenvalue weighted by Crippen LogP contribution is -2.64. The Kier molecular flexibility index (Phi) is 10.5. The molecule has 266 valence electrons. The summed E-state index contributed by atoms with van der Waals surface area (Å²) in [5.41, 5.74) is -1.13. The third-order valence-electron chi connectivity index (χ3n) is 12.7. The molecule has 0 spiro atoms. The Morgan fingerprint density at radius 3 is 2.43 bits per heavy atom. The quantitative estimate of drug-likeness (QED) is 0.140. The van der Waals surface area contributed by atoms with E-state index in [0.29, 0.717) is 19.3 Å². The van der Waals surface area contributed by atoms with E-state index in [1.807, 2.05) is 0 Å². The van der Waals surface area contributed by atoms with Crippen molar-refractivity contribution in [2.24, 2.45) is 28.6 Å². The van der Waals surface area contributed by atoms with Gasteiger partial charge >= 0.3 is 7.60 Å². The number of ether oxygens (including phenoxy) is 3. The van der Waals surface area contributed by atoms with Crippen LogP contribution < -0.4 is 0 Å². The third-order valence-corrected chi connectivity index (χ3v) is 18.9. The van der Waals surface area contributed by atoms with Gasteiger partial charge in [-0.2, -0.15) is 0 Å². The molecule has 9 nitrogen and oxygen atoms in total. The first-order valence-electron chi connectivity index (χ1n) is 17.9. The third kappa shape index (κ3) is 6.30. The molecule has 3 saturated carbocycles. The lowest BCUT2D eigenvalue weighted by atomic mass is 9.46. The fourth-order valence-corrected chi connectivity index (χ4v) is 11.7. The highest BCUT2D eigenvalue weighted by atomic mass is 31.2. The molecule has 0 amide bonds. The summed E-state index contributed by atoms with van der Waals surface area (Å²) in [6.45, 7) is 21.4. The van der Waals surface area contributed by atoms with Crippen molar-refractivity contribution < 1.29 is 41.8 Å². The van der Waals surface area contributed by atoms with Crippen LogP contribution in [0.4, 0.5) is 0 Å². The summed E-state index contributed by atoms with van der Waals surface area (Å²) in [4.78, 5) is 27.3. The van der Waals surface area contributed by atoms with E-state index in [1.54, 1.807) is 26.0 Å².